The third-order valence-corrected chi connectivity index (χ3v) is 1.54. The van der Waals surface area contributed by atoms with Gasteiger partial charge in [0.1, 0.15) is 5.69 Å². The second kappa shape index (κ2) is 4.41. The lowest BCUT2D eigenvalue weighted by atomic mass is 10.2. The number of aromatic nitrogens is 3. The maximum absolute atomic E-state index is 11.3. The highest BCUT2D eigenvalue weighted by Crippen LogP contribution is 1.99. The van der Waals surface area contributed by atoms with Gasteiger partial charge < -0.3 is 0 Å². The minimum Gasteiger partial charge on any atom is -0.292 e. The van der Waals surface area contributed by atoms with Crippen molar-refractivity contribution in [2.24, 2.45) is 7.05 Å². The van der Waals surface area contributed by atoms with E-state index in [-0.39, 0.29) is 5.78 Å². The van der Waals surface area contributed by atoms with E-state index in [1.807, 2.05) is 0 Å². The molecule has 0 atom stereocenters. The average Bonchev–Trinajstić information content (AvgIpc) is 2.52. The van der Waals surface area contributed by atoms with Crippen LogP contribution in [0.3, 0.4) is 0 Å². The maximum Gasteiger partial charge on any atom is 0.185 e. The molecule has 1 aromatic heterocycles. The van der Waals surface area contributed by atoms with Crippen molar-refractivity contribution in [3.05, 3.63) is 11.9 Å². The molecule has 0 saturated carbocycles. The molecule has 1 heterocycles. The summed E-state index contributed by atoms with van der Waals surface area (Å²) in [6.45, 7) is 1.76. The van der Waals surface area contributed by atoms with Crippen LogP contribution in [0.1, 0.15) is 30.3 Å². The fourth-order valence-electron chi connectivity index (χ4n) is 0.904. The molecule has 0 aliphatic carbocycles. The fraction of sp³-hybridized carbons (Fsp3) is 0.444. The van der Waals surface area contributed by atoms with Gasteiger partial charge in [0.15, 0.2) is 5.78 Å². The molecule has 0 spiro atoms. The predicted molar refractivity (Wildman–Crippen MR) is 48.0 cm³/mol. The monoisotopic (exact) mass is 177 g/mol. The molecule has 0 radical (unpaired) electrons. The fourth-order valence-corrected chi connectivity index (χ4v) is 0.904. The molecule has 0 fully saturated rings. The number of Topliss-reactive ketones (excluding diaryl/α,β-unsaturated/α-hetero) is 1. The van der Waals surface area contributed by atoms with Crippen molar-refractivity contribution in [2.75, 3.05) is 0 Å². The molecule has 0 N–H and O–H groups in total. The minimum atomic E-state index is -0.00384. The average molecular weight is 177 g/mol. The van der Waals surface area contributed by atoms with Gasteiger partial charge in [-0.15, -0.1) is 16.9 Å². The van der Waals surface area contributed by atoms with E-state index < -0.39 is 0 Å². The number of ketones is 1. The van der Waals surface area contributed by atoms with E-state index in [1.165, 1.54) is 4.68 Å². The van der Waals surface area contributed by atoms with E-state index in [9.17, 15) is 4.79 Å². The Balaban J connectivity index is 2.52. The molecular weight excluding hydrogens is 166 g/mol. The lowest BCUT2D eigenvalue weighted by Gasteiger charge is -1.89. The molecule has 0 aliphatic rings. The quantitative estimate of drug-likeness (QED) is 0.507. The minimum absolute atomic E-state index is 0.00384. The molecule has 0 aliphatic heterocycles. The van der Waals surface area contributed by atoms with Gasteiger partial charge in [-0.25, -0.2) is 0 Å². The molecule has 0 saturated heterocycles. The van der Waals surface area contributed by atoms with Crippen LogP contribution in [0.25, 0.3) is 0 Å². The Hall–Kier alpha value is -1.63. The Morgan fingerprint density at radius 1 is 1.69 bits per heavy atom. The van der Waals surface area contributed by atoms with Crippen LogP contribution >= 0.6 is 0 Å². The predicted octanol–water partition coefficient (Wildman–Crippen LogP) is 0.801. The highest BCUT2D eigenvalue weighted by molar-refractivity contribution is 5.93. The number of hydrogen-bond acceptors (Lipinski definition) is 3. The zero-order chi connectivity index (χ0) is 9.68. The van der Waals surface area contributed by atoms with Crippen molar-refractivity contribution in [2.45, 2.75) is 19.8 Å². The van der Waals surface area contributed by atoms with Gasteiger partial charge in [0.05, 0.1) is 6.20 Å². The molecule has 1 aromatic rings. The number of nitrogens with zero attached hydrogens (tertiary/aromatic N) is 3. The highest BCUT2D eigenvalue weighted by atomic mass is 16.1. The maximum atomic E-state index is 11.3. The normalized spacial score (nSPS) is 9.08. The Labute approximate surface area is 76.9 Å². The van der Waals surface area contributed by atoms with E-state index >= 15 is 0 Å². The molecule has 0 bridgehead atoms. The smallest absolute Gasteiger partial charge is 0.185 e. The van der Waals surface area contributed by atoms with Crippen molar-refractivity contribution in [1.82, 2.24) is 15.0 Å². The van der Waals surface area contributed by atoms with Crippen molar-refractivity contribution >= 4 is 5.78 Å². The van der Waals surface area contributed by atoms with Crippen LogP contribution in [0.4, 0.5) is 0 Å². The zero-order valence-corrected chi connectivity index (χ0v) is 7.74. The second-order valence-corrected chi connectivity index (χ2v) is 2.63. The molecule has 0 unspecified atom stereocenters. The molecule has 1 rings (SSSR count). The summed E-state index contributed by atoms with van der Waals surface area (Å²) in [7, 11) is 1.73. The summed E-state index contributed by atoms with van der Waals surface area (Å²) in [5.41, 5.74) is 0.417. The molecule has 4 nitrogen and oxygen atoms in total. The number of hydrogen-bond donors (Lipinski definition) is 0. The van der Waals surface area contributed by atoms with E-state index in [2.05, 4.69) is 22.2 Å². The first-order chi connectivity index (χ1) is 6.24. The molecule has 13 heavy (non-hydrogen) atoms. The Morgan fingerprint density at radius 3 is 3.00 bits per heavy atom. The lowest BCUT2D eigenvalue weighted by Crippen LogP contribution is -1.98. The Morgan fingerprint density at radius 2 is 2.46 bits per heavy atom. The third kappa shape index (κ3) is 2.71. The van der Waals surface area contributed by atoms with E-state index in [0.29, 0.717) is 18.5 Å². The van der Waals surface area contributed by atoms with Crippen molar-refractivity contribution in [3.8, 4) is 11.8 Å². The summed E-state index contributed by atoms with van der Waals surface area (Å²) in [5.74, 6) is 5.56. The molecule has 0 aromatic carbocycles. The largest absolute Gasteiger partial charge is 0.292 e. The zero-order valence-electron chi connectivity index (χ0n) is 7.74. The molecule has 0 amide bonds. The third-order valence-electron chi connectivity index (χ3n) is 1.54. The topological polar surface area (TPSA) is 47.8 Å². The molecule has 68 valence electrons. The number of aryl methyl sites for hydroxylation is 1. The van der Waals surface area contributed by atoms with Gasteiger partial charge in [-0.2, -0.15) is 0 Å². The summed E-state index contributed by atoms with van der Waals surface area (Å²) in [6, 6.07) is 0. The van der Waals surface area contributed by atoms with E-state index in [0.717, 1.165) is 0 Å². The summed E-state index contributed by atoms with van der Waals surface area (Å²) < 4.78 is 1.51. The van der Waals surface area contributed by atoms with Gasteiger partial charge in [-0.1, -0.05) is 5.21 Å². The summed E-state index contributed by atoms with van der Waals surface area (Å²) in [4.78, 5) is 11.3. The first kappa shape index (κ1) is 9.46. The van der Waals surface area contributed by atoms with Gasteiger partial charge in [-0.05, 0) is 6.92 Å². The van der Waals surface area contributed by atoms with E-state index in [1.54, 1.807) is 20.2 Å². The van der Waals surface area contributed by atoms with Gasteiger partial charge in [-0.3, -0.25) is 9.48 Å². The van der Waals surface area contributed by atoms with Crippen LogP contribution in [0, 0.1) is 11.8 Å². The first-order valence-electron chi connectivity index (χ1n) is 4.03. The van der Waals surface area contributed by atoms with Crippen molar-refractivity contribution in [1.29, 1.82) is 0 Å². The lowest BCUT2D eigenvalue weighted by molar-refractivity contribution is 0.0979. The standard InChI is InChI=1S/C9H11N3O/c1-3-4-5-6-9(13)8-7-12(2)11-10-8/h7H,5-6H2,1-2H3. The van der Waals surface area contributed by atoms with Crippen LogP contribution in [0.5, 0.6) is 0 Å². The van der Waals surface area contributed by atoms with Gasteiger partial charge >= 0.3 is 0 Å². The first-order valence-corrected chi connectivity index (χ1v) is 4.03. The Bertz CT molecular complexity index is 356. The number of rotatable bonds is 3. The highest BCUT2D eigenvalue weighted by Gasteiger charge is 2.07. The van der Waals surface area contributed by atoms with Gasteiger partial charge in [0.25, 0.3) is 0 Å². The number of carbonyl (C=O) groups excluding carboxylic acids is 1. The van der Waals surface area contributed by atoms with Crippen LogP contribution < -0.4 is 0 Å². The van der Waals surface area contributed by atoms with Crippen molar-refractivity contribution in [3.63, 3.8) is 0 Å². The Kier molecular flexibility index (Phi) is 3.21. The summed E-state index contributed by atoms with van der Waals surface area (Å²) in [6.07, 6.45) is 2.62. The molecular formula is C9H11N3O. The van der Waals surface area contributed by atoms with Crippen LogP contribution in [0.15, 0.2) is 6.20 Å². The summed E-state index contributed by atoms with van der Waals surface area (Å²) >= 11 is 0. The van der Waals surface area contributed by atoms with Crippen LogP contribution in [0.2, 0.25) is 0 Å². The van der Waals surface area contributed by atoms with Gasteiger partial charge in [0.2, 0.25) is 0 Å². The molecule has 4 heteroatoms. The second-order valence-electron chi connectivity index (χ2n) is 2.63. The number of carbonyl (C=O) groups is 1. The summed E-state index contributed by atoms with van der Waals surface area (Å²) in [5, 5.41) is 7.39. The van der Waals surface area contributed by atoms with Gasteiger partial charge in [0, 0.05) is 19.9 Å². The van der Waals surface area contributed by atoms with Crippen LogP contribution in [-0.2, 0) is 7.05 Å². The van der Waals surface area contributed by atoms with Crippen molar-refractivity contribution < 1.29 is 4.79 Å². The SMILES string of the molecule is CC#CCCC(=O)c1cn(C)nn1. The van der Waals surface area contributed by atoms with E-state index in [4.69, 9.17) is 0 Å². The van der Waals surface area contributed by atoms with Crippen LogP contribution in [-0.4, -0.2) is 20.8 Å².